The van der Waals surface area contributed by atoms with Gasteiger partial charge in [0, 0.05) is 10.0 Å². The molecule has 0 atom stereocenters. The maximum Gasteiger partial charge on any atom is 0.258 e. The standard InChI is InChI=1S/C15H11BrFNO2/c1-9(19)11-4-2-3-5-14(11)18-15(20)12-8-10(16)6-7-13(12)17/h2-8H,1H3,(H,18,20). The van der Waals surface area contributed by atoms with Gasteiger partial charge in [0.2, 0.25) is 0 Å². The molecule has 0 bridgehead atoms. The lowest BCUT2D eigenvalue weighted by atomic mass is 10.1. The predicted octanol–water partition coefficient (Wildman–Crippen LogP) is 4.04. The summed E-state index contributed by atoms with van der Waals surface area (Å²) >= 11 is 3.19. The van der Waals surface area contributed by atoms with Gasteiger partial charge in [-0.05, 0) is 37.3 Å². The number of hydrogen-bond donors (Lipinski definition) is 1. The smallest absolute Gasteiger partial charge is 0.258 e. The average Bonchev–Trinajstić information content (AvgIpc) is 2.41. The summed E-state index contributed by atoms with van der Waals surface area (Å²) in [6.07, 6.45) is 0. The van der Waals surface area contributed by atoms with E-state index in [1.807, 2.05) is 0 Å². The molecule has 1 N–H and O–H groups in total. The van der Waals surface area contributed by atoms with Gasteiger partial charge in [-0.25, -0.2) is 4.39 Å². The van der Waals surface area contributed by atoms with Crippen molar-refractivity contribution in [3.05, 3.63) is 63.9 Å². The fourth-order valence-corrected chi connectivity index (χ4v) is 2.12. The summed E-state index contributed by atoms with van der Waals surface area (Å²) in [6, 6.07) is 10.7. The van der Waals surface area contributed by atoms with Crippen LogP contribution in [-0.2, 0) is 0 Å². The van der Waals surface area contributed by atoms with Crippen LogP contribution in [0.5, 0.6) is 0 Å². The molecule has 1 amide bonds. The molecule has 20 heavy (non-hydrogen) atoms. The van der Waals surface area contributed by atoms with Crippen molar-refractivity contribution in [3.8, 4) is 0 Å². The third-order valence-corrected chi connectivity index (χ3v) is 3.22. The largest absolute Gasteiger partial charge is 0.321 e. The molecule has 0 aliphatic carbocycles. The number of rotatable bonds is 3. The second-order valence-electron chi connectivity index (χ2n) is 4.18. The molecule has 0 saturated carbocycles. The van der Waals surface area contributed by atoms with Gasteiger partial charge in [-0.2, -0.15) is 0 Å². The third-order valence-electron chi connectivity index (χ3n) is 2.73. The Balaban J connectivity index is 2.33. The minimum Gasteiger partial charge on any atom is -0.321 e. The highest BCUT2D eigenvalue weighted by Gasteiger charge is 2.15. The molecule has 0 aliphatic heterocycles. The fourth-order valence-electron chi connectivity index (χ4n) is 1.76. The van der Waals surface area contributed by atoms with E-state index in [4.69, 9.17) is 0 Å². The zero-order valence-electron chi connectivity index (χ0n) is 10.6. The van der Waals surface area contributed by atoms with Gasteiger partial charge in [0.15, 0.2) is 5.78 Å². The first-order valence-electron chi connectivity index (χ1n) is 5.85. The van der Waals surface area contributed by atoms with Crippen LogP contribution in [0.1, 0.15) is 27.6 Å². The number of amides is 1. The molecule has 2 rings (SSSR count). The Morgan fingerprint density at radius 3 is 2.50 bits per heavy atom. The minimum atomic E-state index is -0.619. The van der Waals surface area contributed by atoms with Gasteiger partial charge in [0.1, 0.15) is 5.82 Å². The quantitative estimate of drug-likeness (QED) is 0.860. The first-order valence-corrected chi connectivity index (χ1v) is 6.64. The molecule has 5 heteroatoms. The van der Waals surface area contributed by atoms with Gasteiger partial charge in [-0.15, -0.1) is 0 Å². The lowest BCUT2D eigenvalue weighted by Gasteiger charge is -2.09. The van der Waals surface area contributed by atoms with Crippen molar-refractivity contribution in [2.45, 2.75) is 6.92 Å². The second kappa shape index (κ2) is 5.96. The summed E-state index contributed by atoms with van der Waals surface area (Å²) in [6.45, 7) is 1.41. The van der Waals surface area contributed by atoms with E-state index in [1.54, 1.807) is 24.3 Å². The molecule has 2 aromatic rings. The zero-order chi connectivity index (χ0) is 14.7. The van der Waals surface area contributed by atoms with Gasteiger partial charge >= 0.3 is 0 Å². The van der Waals surface area contributed by atoms with Crippen LogP contribution in [0.2, 0.25) is 0 Å². The van der Waals surface area contributed by atoms with Crippen molar-refractivity contribution in [2.75, 3.05) is 5.32 Å². The van der Waals surface area contributed by atoms with Crippen LogP contribution in [0.25, 0.3) is 0 Å². The van der Waals surface area contributed by atoms with Crippen molar-refractivity contribution in [1.82, 2.24) is 0 Å². The SMILES string of the molecule is CC(=O)c1ccccc1NC(=O)c1cc(Br)ccc1F. The molecule has 0 heterocycles. The molecular weight excluding hydrogens is 325 g/mol. The lowest BCUT2D eigenvalue weighted by Crippen LogP contribution is -2.15. The first-order chi connectivity index (χ1) is 9.49. The van der Waals surface area contributed by atoms with E-state index in [-0.39, 0.29) is 11.3 Å². The maximum atomic E-state index is 13.6. The van der Waals surface area contributed by atoms with Crippen LogP contribution in [-0.4, -0.2) is 11.7 Å². The van der Waals surface area contributed by atoms with E-state index < -0.39 is 11.7 Å². The summed E-state index contributed by atoms with van der Waals surface area (Å²) in [5.74, 6) is -1.39. The van der Waals surface area contributed by atoms with Gasteiger partial charge in [0.05, 0.1) is 11.3 Å². The van der Waals surface area contributed by atoms with E-state index in [0.29, 0.717) is 15.7 Å². The van der Waals surface area contributed by atoms with Crippen molar-refractivity contribution in [2.24, 2.45) is 0 Å². The highest BCUT2D eigenvalue weighted by Crippen LogP contribution is 2.20. The molecule has 0 aliphatic rings. The van der Waals surface area contributed by atoms with E-state index in [0.717, 1.165) is 0 Å². The number of Topliss-reactive ketones (excluding diaryl/α,β-unsaturated/α-hetero) is 1. The molecule has 0 aromatic heterocycles. The van der Waals surface area contributed by atoms with E-state index in [1.165, 1.54) is 25.1 Å². The van der Waals surface area contributed by atoms with Crippen molar-refractivity contribution in [1.29, 1.82) is 0 Å². The van der Waals surface area contributed by atoms with Crippen LogP contribution >= 0.6 is 15.9 Å². The fraction of sp³-hybridized carbons (Fsp3) is 0.0667. The van der Waals surface area contributed by atoms with Crippen LogP contribution in [0.4, 0.5) is 10.1 Å². The molecule has 3 nitrogen and oxygen atoms in total. The average molecular weight is 336 g/mol. The number of nitrogens with one attached hydrogen (secondary N) is 1. The van der Waals surface area contributed by atoms with Crippen LogP contribution in [0.15, 0.2) is 46.9 Å². The van der Waals surface area contributed by atoms with Gasteiger partial charge in [0.25, 0.3) is 5.91 Å². The molecule has 0 unspecified atom stereocenters. The summed E-state index contributed by atoms with van der Waals surface area (Å²) in [7, 11) is 0. The van der Waals surface area contributed by atoms with E-state index in [9.17, 15) is 14.0 Å². The number of carbonyl (C=O) groups is 2. The number of anilines is 1. The lowest BCUT2D eigenvalue weighted by molar-refractivity contribution is 0.101. The zero-order valence-corrected chi connectivity index (χ0v) is 12.2. The number of benzene rings is 2. The topological polar surface area (TPSA) is 46.2 Å². The number of para-hydroxylation sites is 1. The predicted molar refractivity (Wildman–Crippen MR) is 78.5 cm³/mol. The Kier molecular flexibility index (Phi) is 4.29. The van der Waals surface area contributed by atoms with Crippen LogP contribution in [0.3, 0.4) is 0 Å². The Hall–Kier alpha value is -2.01. The molecular formula is C15H11BrFNO2. The number of ketones is 1. The summed E-state index contributed by atoms with van der Waals surface area (Å²) < 4.78 is 14.2. The molecule has 2 aromatic carbocycles. The highest BCUT2D eigenvalue weighted by atomic mass is 79.9. The van der Waals surface area contributed by atoms with E-state index >= 15 is 0 Å². The van der Waals surface area contributed by atoms with Crippen molar-refractivity contribution >= 4 is 33.3 Å². The number of hydrogen-bond acceptors (Lipinski definition) is 2. The monoisotopic (exact) mass is 335 g/mol. The molecule has 0 radical (unpaired) electrons. The van der Waals surface area contributed by atoms with E-state index in [2.05, 4.69) is 21.2 Å². The normalized spacial score (nSPS) is 10.2. The van der Waals surface area contributed by atoms with Crippen LogP contribution in [0, 0.1) is 5.82 Å². The Morgan fingerprint density at radius 1 is 1.10 bits per heavy atom. The summed E-state index contributed by atoms with van der Waals surface area (Å²) in [4.78, 5) is 23.6. The van der Waals surface area contributed by atoms with Gasteiger partial charge < -0.3 is 5.32 Å². The van der Waals surface area contributed by atoms with Crippen molar-refractivity contribution < 1.29 is 14.0 Å². The second-order valence-corrected chi connectivity index (χ2v) is 5.10. The maximum absolute atomic E-state index is 13.6. The third kappa shape index (κ3) is 3.11. The van der Waals surface area contributed by atoms with Gasteiger partial charge in [-0.3, -0.25) is 9.59 Å². The van der Waals surface area contributed by atoms with Crippen LogP contribution < -0.4 is 5.32 Å². The summed E-state index contributed by atoms with van der Waals surface area (Å²) in [5, 5.41) is 2.56. The molecule has 102 valence electrons. The Morgan fingerprint density at radius 2 is 1.80 bits per heavy atom. The highest BCUT2D eigenvalue weighted by molar-refractivity contribution is 9.10. The van der Waals surface area contributed by atoms with Gasteiger partial charge in [-0.1, -0.05) is 28.1 Å². The minimum absolute atomic E-state index is 0.0854. The molecule has 0 spiro atoms. The molecule has 0 fully saturated rings. The summed E-state index contributed by atoms with van der Waals surface area (Å²) in [5.41, 5.74) is 0.665. The number of halogens is 2. The Labute approximate surface area is 123 Å². The first kappa shape index (κ1) is 14.4. The Bertz CT molecular complexity index is 685. The molecule has 0 saturated heterocycles. The number of carbonyl (C=O) groups excluding carboxylic acids is 2. The van der Waals surface area contributed by atoms with Crippen molar-refractivity contribution in [3.63, 3.8) is 0 Å².